The Morgan fingerprint density at radius 3 is 3.14 bits per heavy atom. The largest absolute Gasteiger partial charge is 0.378 e. The monoisotopic (exact) mass is 299 g/mol. The highest BCUT2D eigenvalue weighted by Crippen LogP contribution is 2.26. The van der Waals surface area contributed by atoms with Gasteiger partial charge in [0.25, 0.3) is 0 Å². The summed E-state index contributed by atoms with van der Waals surface area (Å²) >= 11 is 0. The third-order valence-corrected chi connectivity index (χ3v) is 3.96. The molecule has 116 valence electrons. The fourth-order valence-electron chi connectivity index (χ4n) is 2.75. The Balaban J connectivity index is 1.74. The summed E-state index contributed by atoms with van der Waals surface area (Å²) in [5.41, 5.74) is 2.54. The van der Waals surface area contributed by atoms with Crippen LogP contribution in [0.4, 0.5) is 5.69 Å². The van der Waals surface area contributed by atoms with Gasteiger partial charge in [0.15, 0.2) is 0 Å². The molecule has 2 unspecified atom stereocenters. The van der Waals surface area contributed by atoms with E-state index in [0.29, 0.717) is 6.61 Å². The van der Waals surface area contributed by atoms with Crippen LogP contribution < -0.4 is 5.32 Å². The molecule has 0 bridgehead atoms. The first kappa shape index (κ1) is 14.8. The van der Waals surface area contributed by atoms with Crippen LogP contribution in [0.15, 0.2) is 36.6 Å². The molecule has 0 spiro atoms. The van der Waals surface area contributed by atoms with Gasteiger partial charge < -0.3 is 10.1 Å². The molecule has 1 aromatic heterocycles. The van der Waals surface area contributed by atoms with Gasteiger partial charge in [-0.25, -0.2) is 0 Å². The van der Waals surface area contributed by atoms with Gasteiger partial charge in [-0.15, -0.1) is 0 Å². The normalized spacial score (nSPS) is 30.0. The zero-order valence-corrected chi connectivity index (χ0v) is 12.7. The van der Waals surface area contributed by atoms with Gasteiger partial charge in [0.2, 0.25) is 5.91 Å². The van der Waals surface area contributed by atoms with Gasteiger partial charge in [0.1, 0.15) is 5.69 Å². The number of carbonyl (C=O) groups excluding carboxylic acids is 1. The van der Waals surface area contributed by atoms with Crippen molar-refractivity contribution < 1.29 is 9.53 Å². The summed E-state index contributed by atoms with van der Waals surface area (Å²) in [6, 6.07) is 0. The maximum atomic E-state index is 12.3. The lowest BCUT2D eigenvalue weighted by atomic mass is 10.0. The van der Waals surface area contributed by atoms with E-state index in [0.717, 1.165) is 36.2 Å². The molecular formula is C17H21N3O2. The number of nitrogens with zero attached hydrogens (tertiary/aromatic N) is 1. The van der Waals surface area contributed by atoms with Crippen LogP contribution >= 0.6 is 0 Å². The van der Waals surface area contributed by atoms with Crippen molar-refractivity contribution in [2.75, 3.05) is 11.9 Å². The molecule has 0 radical (unpaired) electrons. The minimum Gasteiger partial charge on any atom is -0.378 e. The maximum absolute atomic E-state index is 12.3. The third kappa shape index (κ3) is 3.36. The Morgan fingerprint density at radius 1 is 1.41 bits per heavy atom. The van der Waals surface area contributed by atoms with Gasteiger partial charge >= 0.3 is 0 Å². The molecule has 5 nitrogen and oxygen atoms in total. The molecular weight excluding hydrogens is 278 g/mol. The lowest BCUT2D eigenvalue weighted by Crippen LogP contribution is -2.23. The quantitative estimate of drug-likeness (QED) is 0.901. The predicted molar refractivity (Wildman–Crippen MR) is 86.2 cm³/mol. The first-order valence-electron chi connectivity index (χ1n) is 7.74. The molecule has 1 aliphatic carbocycles. The smallest absolute Gasteiger partial charge is 0.230 e. The van der Waals surface area contributed by atoms with Crippen molar-refractivity contribution in [1.82, 2.24) is 10.2 Å². The summed E-state index contributed by atoms with van der Waals surface area (Å²) in [5, 5.41) is 10.1. The highest BCUT2D eigenvalue weighted by atomic mass is 16.5. The van der Waals surface area contributed by atoms with E-state index in [1.165, 1.54) is 0 Å². The van der Waals surface area contributed by atoms with E-state index in [4.69, 9.17) is 4.74 Å². The highest BCUT2D eigenvalue weighted by molar-refractivity contribution is 5.96. The Bertz CT molecular complexity index is 628. The van der Waals surface area contributed by atoms with Crippen LogP contribution in [-0.2, 0) is 9.53 Å². The van der Waals surface area contributed by atoms with Crippen molar-refractivity contribution in [2.45, 2.75) is 32.3 Å². The molecule has 0 saturated carbocycles. The molecule has 2 heterocycles. The van der Waals surface area contributed by atoms with Gasteiger partial charge in [-0.3, -0.25) is 9.89 Å². The van der Waals surface area contributed by atoms with Gasteiger partial charge in [0.05, 0.1) is 24.3 Å². The Morgan fingerprint density at radius 2 is 2.32 bits per heavy atom. The summed E-state index contributed by atoms with van der Waals surface area (Å²) in [6.45, 7) is 2.49. The van der Waals surface area contributed by atoms with Crippen molar-refractivity contribution in [1.29, 1.82) is 0 Å². The van der Waals surface area contributed by atoms with Crippen molar-refractivity contribution >= 4 is 17.2 Å². The molecule has 22 heavy (non-hydrogen) atoms. The molecule has 5 heteroatoms. The Labute approximate surface area is 130 Å². The fraction of sp³-hybridized carbons (Fsp3) is 0.412. The van der Waals surface area contributed by atoms with Crippen molar-refractivity contribution in [2.24, 2.45) is 5.92 Å². The van der Waals surface area contributed by atoms with E-state index in [9.17, 15) is 4.79 Å². The first-order chi connectivity index (χ1) is 10.7. The molecule has 3 rings (SSSR count). The first-order valence-corrected chi connectivity index (χ1v) is 7.74. The molecule has 2 aliphatic rings. The van der Waals surface area contributed by atoms with E-state index in [2.05, 4.69) is 27.7 Å². The van der Waals surface area contributed by atoms with Gasteiger partial charge in [-0.05, 0) is 26.2 Å². The number of H-pyrrole nitrogens is 1. The number of aromatic nitrogens is 2. The predicted octanol–water partition coefficient (Wildman–Crippen LogP) is 3.06. The zero-order chi connectivity index (χ0) is 15.4. The number of hydrogen-bond acceptors (Lipinski definition) is 3. The van der Waals surface area contributed by atoms with Crippen LogP contribution in [0.25, 0.3) is 5.57 Å². The SMILES string of the molecule is CC1CC(C(=O)Nc2c[nH]nc2C2=C\CC/C=C/C=C\2)CO1. The zero-order valence-electron chi connectivity index (χ0n) is 12.7. The summed E-state index contributed by atoms with van der Waals surface area (Å²) in [5.74, 6) is -0.0788. The molecule has 1 aromatic rings. The second-order valence-electron chi connectivity index (χ2n) is 5.74. The van der Waals surface area contributed by atoms with Gasteiger partial charge in [0, 0.05) is 11.8 Å². The lowest BCUT2D eigenvalue weighted by molar-refractivity contribution is -0.119. The Hall–Kier alpha value is -2.14. The average molecular weight is 299 g/mol. The van der Waals surface area contributed by atoms with E-state index < -0.39 is 0 Å². The van der Waals surface area contributed by atoms with Crippen LogP contribution in [0.5, 0.6) is 0 Å². The number of carbonyl (C=O) groups is 1. The summed E-state index contributed by atoms with van der Waals surface area (Å²) in [7, 11) is 0. The number of aromatic amines is 1. The molecule has 1 fully saturated rings. The van der Waals surface area contributed by atoms with E-state index in [-0.39, 0.29) is 17.9 Å². The van der Waals surface area contributed by atoms with E-state index in [1.54, 1.807) is 6.20 Å². The van der Waals surface area contributed by atoms with Crippen LogP contribution in [0.2, 0.25) is 0 Å². The standard InChI is InChI=1S/C17H21N3O2/c1-12-9-14(11-22-12)17(21)19-15-10-18-20-16(15)13-7-5-3-2-4-6-8-13/h2-3,5,7-8,10,12,14H,4,6,9,11H2,1H3,(H,18,20)(H,19,21)/b3-2+,7-5-,13-8-. The molecule has 2 atom stereocenters. The number of hydrogen-bond donors (Lipinski definition) is 2. The summed E-state index contributed by atoms with van der Waals surface area (Å²) < 4.78 is 5.47. The molecule has 1 aliphatic heterocycles. The maximum Gasteiger partial charge on any atom is 0.230 e. The van der Waals surface area contributed by atoms with Crippen molar-refractivity contribution in [3.8, 4) is 0 Å². The summed E-state index contributed by atoms with van der Waals surface area (Å²) in [4.78, 5) is 12.3. The molecule has 2 N–H and O–H groups in total. The lowest BCUT2D eigenvalue weighted by Gasteiger charge is -2.10. The minimum atomic E-state index is -0.0810. The molecule has 0 aromatic carbocycles. The van der Waals surface area contributed by atoms with Crippen molar-refractivity contribution in [3.63, 3.8) is 0 Å². The molecule has 1 saturated heterocycles. The van der Waals surface area contributed by atoms with Gasteiger partial charge in [-0.2, -0.15) is 5.10 Å². The van der Waals surface area contributed by atoms with Crippen LogP contribution in [-0.4, -0.2) is 28.8 Å². The average Bonchev–Trinajstić information content (AvgIpc) is 3.08. The van der Waals surface area contributed by atoms with Crippen LogP contribution in [0.3, 0.4) is 0 Å². The fourth-order valence-corrected chi connectivity index (χ4v) is 2.75. The number of nitrogens with one attached hydrogen (secondary N) is 2. The second-order valence-corrected chi connectivity index (χ2v) is 5.74. The van der Waals surface area contributed by atoms with E-state index >= 15 is 0 Å². The van der Waals surface area contributed by atoms with E-state index in [1.807, 2.05) is 25.2 Å². The third-order valence-electron chi connectivity index (χ3n) is 3.96. The van der Waals surface area contributed by atoms with Gasteiger partial charge in [-0.1, -0.05) is 30.4 Å². The summed E-state index contributed by atoms with van der Waals surface area (Å²) in [6.07, 6.45) is 15.0. The van der Waals surface area contributed by atoms with Crippen molar-refractivity contribution in [3.05, 3.63) is 42.3 Å². The number of amides is 1. The topological polar surface area (TPSA) is 67.0 Å². The second kappa shape index (κ2) is 6.75. The minimum absolute atomic E-state index is 0.00215. The van der Waals surface area contributed by atoms with Crippen LogP contribution in [0.1, 0.15) is 31.9 Å². The highest BCUT2D eigenvalue weighted by Gasteiger charge is 2.29. The van der Waals surface area contributed by atoms with Crippen LogP contribution in [0, 0.1) is 5.92 Å². The molecule has 1 amide bonds. The number of ether oxygens (including phenoxy) is 1. The number of anilines is 1. The number of allylic oxidation sites excluding steroid dienone is 6. The Kier molecular flexibility index (Phi) is 4.53. The number of rotatable bonds is 3.